The van der Waals surface area contributed by atoms with Gasteiger partial charge < -0.3 is 21.4 Å². The van der Waals surface area contributed by atoms with Crippen molar-refractivity contribution >= 4 is 39.8 Å². The van der Waals surface area contributed by atoms with Gasteiger partial charge in [0.2, 0.25) is 5.91 Å². The van der Waals surface area contributed by atoms with Crippen LogP contribution in [-0.4, -0.2) is 39.8 Å². The number of para-hydroxylation sites is 1. The number of thiocarbonyl (C=S) groups is 1. The van der Waals surface area contributed by atoms with Crippen LogP contribution in [0.2, 0.25) is 0 Å². The Hall–Kier alpha value is -1.56. The van der Waals surface area contributed by atoms with Crippen molar-refractivity contribution in [2.45, 2.75) is 65.1 Å². The summed E-state index contributed by atoms with van der Waals surface area (Å²) in [7, 11) is 0. The number of carbonyl (C=O) groups is 2. The predicted molar refractivity (Wildman–Crippen MR) is 122 cm³/mol. The Balaban J connectivity index is 0.00000450. The molecule has 0 fully saturated rings. The smallest absolute Gasteiger partial charge is 0.217 e. The number of hydrogen-bond donors (Lipinski definition) is 4. The molecule has 0 aliphatic carbocycles. The van der Waals surface area contributed by atoms with E-state index < -0.39 is 6.04 Å². The zero-order valence-electron chi connectivity index (χ0n) is 18.0. The summed E-state index contributed by atoms with van der Waals surface area (Å²) >= 11 is 5.63. The Kier molecular flexibility index (Phi) is 10.9. The zero-order valence-corrected chi connectivity index (χ0v) is 21.8. The van der Waals surface area contributed by atoms with Crippen molar-refractivity contribution in [3.05, 3.63) is 36.0 Å². The molecule has 0 spiro atoms. The van der Waals surface area contributed by atoms with Gasteiger partial charge in [-0.25, -0.2) is 0 Å². The average Bonchev–Trinajstić information content (AvgIpc) is 3.06. The Morgan fingerprint density at radius 2 is 1.80 bits per heavy atom. The number of hydrogen-bond acceptors (Lipinski definition) is 4. The van der Waals surface area contributed by atoms with Crippen LogP contribution in [0.25, 0.3) is 10.9 Å². The molecule has 164 valence electrons. The quantitative estimate of drug-likeness (QED) is 0.298. The van der Waals surface area contributed by atoms with E-state index in [1.165, 1.54) is 0 Å². The third-order valence-corrected chi connectivity index (χ3v) is 5.26. The summed E-state index contributed by atoms with van der Waals surface area (Å²) in [6, 6.07) is 7.56. The Morgan fingerprint density at radius 1 is 1.13 bits per heavy atom. The molecule has 2 aromatic rings. The number of primary amides is 1. The number of Topliss-reactive ketones (excluding diaryl/α,β-unsaturated/α-hetero) is 1. The molecular weight excluding hydrogens is 568 g/mol. The second-order valence-corrected chi connectivity index (χ2v) is 8.50. The van der Waals surface area contributed by atoms with Crippen molar-refractivity contribution in [3.8, 4) is 0 Å². The van der Waals surface area contributed by atoms with E-state index in [9.17, 15) is 9.59 Å². The van der Waals surface area contributed by atoms with Crippen LogP contribution in [0.1, 0.15) is 46.1 Å². The van der Waals surface area contributed by atoms with Crippen molar-refractivity contribution in [3.63, 3.8) is 0 Å². The van der Waals surface area contributed by atoms with Crippen molar-refractivity contribution < 1.29 is 30.7 Å². The number of nitrogens with two attached hydrogens (primary N) is 1. The second kappa shape index (κ2) is 12.3. The van der Waals surface area contributed by atoms with E-state index in [1.807, 2.05) is 58.2 Å². The van der Waals surface area contributed by atoms with Crippen LogP contribution in [0.4, 0.5) is 0 Å². The molecule has 0 bridgehead atoms. The average molecular weight is 600 g/mol. The molecule has 30 heavy (non-hydrogen) atoms. The standard InChI is InChI=1S/C22H32N4O2S.W/c1-13(2)21(28)19(11-15-12-24-17-8-6-5-7-16(15)17)26-22(29)18(25-14(3)4)9-10-20(23)27;/h5-8,12-14,18-19,24-25H,9-11H2,1-4H3,(H2,23,27)(H,26,29);/t18-,19-;/m0./s1. The Morgan fingerprint density at radius 3 is 2.40 bits per heavy atom. The fourth-order valence-corrected chi connectivity index (χ4v) is 3.73. The summed E-state index contributed by atoms with van der Waals surface area (Å²) in [6.07, 6.45) is 3.21. The van der Waals surface area contributed by atoms with E-state index in [2.05, 4.69) is 15.6 Å². The van der Waals surface area contributed by atoms with E-state index in [0.29, 0.717) is 17.8 Å². The maximum absolute atomic E-state index is 12.9. The first-order valence-electron chi connectivity index (χ1n) is 10.1. The molecule has 1 aromatic heterocycles. The van der Waals surface area contributed by atoms with Crippen LogP contribution in [-0.2, 0) is 37.1 Å². The minimum absolute atomic E-state index is 0. The summed E-state index contributed by atoms with van der Waals surface area (Å²) in [5, 5.41) is 7.76. The van der Waals surface area contributed by atoms with Crippen molar-refractivity contribution in [2.75, 3.05) is 0 Å². The number of benzene rings is 1. The molecule has 0 aliphatic rings. The molecule has 0 aliphatic heterocycles. The summed E-state index contributed by atoms with van der Waals surface area (Å²) in [6.45, 7) is 7.82. The molecule has 0 unspecified atom stereocenters. The molecule has 0 saturated carbocycles. The van der Waals surface area contributed by atoms with Gasteiger partial charge in [-0.2, -0.15) is 0 Å². The Bertz CT molecular complexity index is 866. The monoisotopic (exact) mass is 600 g/mol. The molecule has 1 aromatic carbocycles. The molecule has 0 radical (unpaired) electrons. The summed E-state index contributed by atoms with van der Waals surface area (Å²) in [5.41, 5.74) is 7.43. The van der Waals surface area contributed by atoms with Gasteiger partial charge >= 0.3 is 0 Å². The molecule has 2 rings (SSSR count). The fourth-order valence-electron chi connectivity index (χ4n) is 3.40. The van der Waals surface area contributed by atoms with E-state index in [0.717, 1.165) is 16.5 Å². The second-order valence-electron chi connectivity index (χ2n) is 8.06. The summed E-state index contributed by atoms with van der Waals surface area (Å²) in [4.78, 5) is 28.0. The van der Waals surface area contributed by atoms with Crippen LogP contribution < -0.4 is 16.4 Å². The van der Waals surface area contributed by atoms with Gasteiger partial charge in [0, 0.05) is 63.0 Å². The summed E-state index contributed by atoms with van der Waals surface area (Å²) in [5.74, 6) is -0.379. The number of carbonyl (C=O) groups excluding carboxylic acids is 2. The number of amides is 1. The molecule has 5 N–H and O–H groups in total. The number of nitrogens with one attached hydrogen (secondary N) is 3. The van der Waals surface area contributed by atoms with Gasteiger partial charge in [0.25, 0.3) is 0 Å². The number of H-pyrrole nitrogens is 1. The third-order valence-electron chi connectivity index (χ3n) is 4.86. The molecule has 2 atom stereocenters. The first kappa shape index (κ1) is 26.5. The van der Waals surface area contributed by atoms with E-state index >= 15 is 0 Å². The van der Waals surface area contributed by atoms with Gasteiger partial charge in [0.15, 0.2) is 5.78 Å². The van der Waals surface area contributed by atoms with E-state index in [4.69, 9.17) is 18.0 Å². The Labute approximate surface area is 198 Å². The number of fused-ring (bicyclic) bond motifs is 1. The minimum Gasteiger partial charge on any atom is -0.370 e. The first-order chi connectivity index (χ1) is 13.7. The van der Waals surface area contributed by atoms with Gasteiger partial charge in [-0.05, 0) is 18.1 Å². The van der Waals surface area contributed by atoms with Crippen LogP contribution in [0.5, 0.6) is 0 Å². The van der Waals surface area contributed by atoms with Crippen LogP contribution in [0.3, 0.4) is 0 Å². The van der Waals surface area contributed by atoms with Gasteiger partial charge in [-0.1, -0.05) is 58.1 Å². The number of rotatable bonds is 11. The number of aromatic amines is 1. The number of aromatic nitrogens is 1. The normalized spacial score (nSPS) is 13.1. The molecule has 0 saturated heterocycles. The maximum atomic E-state index is 12.9. The maximum Gasteiger partial charge on any atom is 0.217 e. The molecule has 8 heteroatoms. The fraction of sp³-hybridized carbons (Fsp3) is 0.500. The van der Waals surface area contributed by atoms with Gasteiger partial charge in [-0.15, -0.1) is 0 Å². The van der Waals surface area contributed by atoms with Gasteiger partial charge in [0.1, 0.15) is 0 Å². The van der Waals surface area contributed by atoms with E-state index in [1.54, 1.807) is 0 Å². The number of ketones is 1. The topological polar surface area (TPSA) is 100 Å². The van der Waals surface area contributed by atoms with Gasteiger partial charge in [0.05, 0.1) is 17.1 Å². The van der Waals surface area contributed by atoms with Crippen molar-refractivity contribution in [2.24, 2.45) is 11.7 Å². The van der Waals surface area contributed by atoms with Crippen LogP contribution in [0.15, 0.2) is 30.5 Å². The molecular formula is C22H32N4O2SW. The van der Waals surface area contributed by atoms with Gasteiger partial charge in [-0.3, -0.25) is 9.59 Å². The van der Waals surface area contributed by atoms with Crippen molar-refractivity contribution in [1.82, 2.24) is 15.6 Å². The van der Waals surface area contributed by atoms with E-state index in [-0.39, 0.29) is 57.2 Å². The first-order valence-corrected chi connectivity index (χ1v) is 10.5. The minimum atomic E-state index is -0.438. The molecule has 1 amide bonds. The zero-order chi connectivity index (χ0) is 21.6. The van der Waals surface area contributed by atoms with Crippen molar-refractivity contribution in [1.29, 1.82) is 0 Å². The van der Waals surface area contributed by atoms with Crippen LogP contribution in [0, 0.1) is 5.92 Å². The summed E-state index contributed by atoms with van der Waals surface area (Å²) < 4.78 is 0. The third kappa shape index (κ3) is 7.60. The molecule has 6 nitrogen and oxygen atoms in total. The van der Waals surface area contributed by atoms with Crippen LogP contribution >= 0.6 is 12.2 Å². The predicted octanol–water partition coefficient (Wildman–Crippen LogP) is 2.85. The SMILES string of the molecule is CC(C)N[C@@H](CCC(N)=O)C(=S)N[C@@H](Cc1c[nH]c2ccccc12)C(=O)C(C)C.[W]. The molecule has 1 heterocycles. The largest absolute Gasteiger partial charge is 0.370 e.